The van der Waals surface area contributed by atoms with Crippen molar-refractivity contribution in [1.29, 1.82) is 0 Å². The van der Waals surface area contributed by atoms with Gasteiger partial charge in [-0.1, -0.05) is 12.1 Å². The lowest BCUT2D eigenvalue weighted by molar-refractivity contribution is -0.117. The first kappa shape index (κ1) is 21.3. The van der Waals surface area contributed by atoms with Crippen molar-refractivity contribution >= 4 is 21.6 Å². The number of hydrogen-bond acceptors (Lipinski definition) is 4. The number of amides is 1. The minimum Gasteiger partial charge on any atom is -0.495 e. The number of anilines is 1. The molecule has 0 saturated carbocycles. The van der Waals surface area contributed by atoms with E-state index in [1.54, 1.807) is 11.0 Å². The van der Waals surface area contributed by atoms with E-state index in [1.165, 1.54) is 24.8 Å². The first-order valence-corrected chi connectivity index (χ1v) is 11.2. The molecule has 0 aromatic heterocycles. The number of carbonyl (C=O) groups excluding carboxylic acids is 1. The molecule has 1 aliphatic heterocycles. The molecule has 1 fully saturated rings. The molecule has 3 rings (SSSR count). The Labute approximate surface area is 172 Å². The summed E-state index contributed by atoms with van der Waals surface area (Å²) in [4.78, 5) is 13.9. The predicted molar refractivity (Wildman–Crippen MR) is 114 cm³/mol. The zero-order valence-corrected chi connectivity index (χ0v) is 18.4. The molecule has 1 N–H and O–H groups in total. The van der Waals surface area contributed by atoms with Crippen molar-refractivity contribution in [3.63, 3.8) is 0 Å². The number of aryl methyl sites for hydroxylation is 3. The third kappa shape index (κ3) is 4.31. The topological polar surface area (TPSA) is 75.7 Å². The Hall–Kier alpha value is -2.38. The molecule has 1 amide bonds. The molecule has 0 bridgehead atoms. The van der Waals surface area contributed by atoms with Crippen molar-refractivity contribution in [3.05, 3.63) is 52.6 Å². The van der Waals surface area contributed by atoms with Crippen LogP contribution in [0.2, 0.25) is 0 Å². The van der Waals surface area contributed by atoms with Crippen molar-refractivity contribution in [1.82, 2.24) is 4.72 Å². The SMILES string of the molecule is COc1ccc(S(=O)(=O)NC(C)c2cc(C)c(C)cc2C)cc1N1CCCC1=O. The van der Waals surface area contributed by atoms with Gasteiger partial charge in [-0.15, -0.1) is 0 Å². The van der Waals surface area contributed by atoms with Gasteiger partial charge in [-0.25, -0.2) is 13.1 Å². The molecule has 6 nitrogen and oxygen atoms in total. The van der Waals surface area contributed by atoms with Gasteiger partial charge in [-0.3, -0.25) is 4.79 Å². The Bertz CT molecular complexity index is 1050. The molecule has 2 aromatic carbocycles. The molecule has 156 valence electrons. The van der Waals surface area contributed by atoms with Crippen LogP contribution in [0.5, 0.6) is 5.75 Å². The van der Waals surface area contributed by atoms with Crippen LogP contribution in [0, 0.1) is 20.8 Å². The monoisotopic (exact) mass is 416 g/mol. The van der Waals surface area contributed by atoms with Gasteiger partial charge in [0.15, 0.2) is 0 Å². The minimum absolute atomic E-state index is 0.0232. The molecule has 1 atom stereocenters. The zero-order chi connectivity index (χ0) is 21.3. The molecular weight excluding hydrogens is 388 g/mol. The largest absolute Gasteiger partial charge is 0.495 e. The lowest BCUT2D eigenvalue weighted by atomic mass is 9.97. The van der Waals surface area contributed by atoms with Gasteiger partial charge < -0.3 is 9.64 Å². The second-order valence-electron chi connectivity index (χ2n) is 7.62. The summed E-state index contributed by atoms with van der Waals surface area (Å²) in [6.07, 6.45) is 1.21. The van der Waals surface area contributed by atoms with Crippen LogP contribution in [0.3, 0.4) is 0 Å². The van der Waals surface area contributed by atoms with Crippen LogP contribution >= 0.6 is 0 Å². The second-order valence-corrected chi connectivity index (χ2v) is 9.33. The Morgan fingerprint density at radius 2 is 1.76 bits per heavy atom. The standard InChI is InChI=1S/C22H28N2O4S/c1-14-11-16(3)19(12-15(14)2)17(4)23-29(26,27)18-8-9-21(28-5)20(13-18)24-10-6-7-22(24)25/h8-9,11-13,17,23H,6-7,10H2,1-5H3. The molecule has 1 heterocycles. The highest BCUT2D eigenvalue weighted by Gasteiger charge is 2.27. The van der Waals surface area contributed by atoms with E-state index in [0.29, 0.717) is 24.4 Å². The molecule has 2 aromatic rings. The van der Waals surface area contributed by atoms with E-state index >= 15 is 0 Å². The molecule has 0 radical (unpaired) electrons. The highest BCUT2D eigenvalue weighted by Crippen LogP contribution is 2.34. The van der Waals surface area contributed by atoms with Gasteiger partial charge in [0.2, 0.25) is 15.9 Å². The molecular formula is C22H28N2O4S. The molecule has 7 heteroatoms. The van der Waals surface area contributed by atoms with Crippen molar-refractivity contribution in [2.75, 3.05) is 18.6 Å². The average molecular weight is 417 g/mol. The smallest absolute Gasteiger partial charge is 0.241 e. The number of carbonyl (C=O) groups is 1. The van der Waals surface area contributed by atoms with Gasteiger partial charge in [0.05, 0.1) is 17.7 Å². The average Bonchev–Trinajstić information content (AvgIpc) is 3.09. The first-order chi connectivity index (χ1) is 13.6. The van der Waals surface area contributed by atoms with Crippen LogP contribution in [0.25, 0.3) is 0 Å². The fourth-order valence-corrected chi connectivity index (χ4v) is 5.01. The fourth-order valence-electron chi connectivity index (χ4n) is 3.76. The lowest BCUT2D eigenvalue weighted by Crippen LogP contribution is -2.28. The maximum Gasteiger partial charge on any atom is 0.241 e. The second kappa shape index (κ2) is 8.16. The minimum atomic E-state index is -3.79. The Morgan fingerprint density at radius 1 is 1.07 bits per heavy atom. The summed E-state index contributed by atoms with van der Waals surface area (Å²) in [5, 5.41) is 0. The number of methoxy groups -OCH3 is 1. The van der Waals surface area contributed by atoms with Gasteiger partial charge >= 0.3 is 0 Å². The van der Waals surface area contributed by atoms with E-state index in [9.17, 15) is 13.2 Å². The van der Waals surface area contributed by atoms with Crippen molar-refractivity contribution in [3.8, 4) is 5.75 Å². The van der Waals surface area contributed by atoms with Crippen molar-refractivity contribution < 1.29 is 17.9 Å². The highest BCUT2D eigenvalue weighted by atomic mass is 32.2. The van der Waals surface area contributed by atoms with Crippen LogP contribution < -0.4 is 14.4 Å². The summed E-state index contributed by atoms with van der Waals surface area (Å²) in [5.74, 6) is 0.460. The summed E-state index contributed by atoms with van der Waals surface area (Å²) >= 11 is 0. The molecule has 0 aliphatic carbocycles. The summed E-state index contributed by atoms with van der Waals surface area (Å²) in [6, 6.07) is 8.33. The molecule has 1 unspecified atom stereocenters. The van der Waals surface area contributed by atoms with Crippen LogP contribution in [0.4, 0.5) is 5.69 Å². The van der Waals surface area contributed by atoms with Gasteiger partial charge in [0.1, 0.15) is 5.75 Å². The van der Waals surface area contributed by atoms with Crippen molar-refractivity contribution in [2.45, 2.75) is 51.5 Å². The van der Waals surface area contributed by atoms with Crippen LogP contribution in [-0.2, 0) is 14.8 Å². The van der Waals surface area contributed by atoms with Gasteiger partial charge in [0.25, 0.3) is 0 Å². The third-order valence-electron chi connectivity index (χ3n) is 5.51. The number of nitrogens with one attached hydrogen (secondary N) is 1. The van der Waals surface area contributed by atoms with E-state index in [4.69, 9.17) is 4.74 Å². The fraction of sp³-hybridized carbons (Fsp3) is 0.409. The Kier molecular flexibility index (Phi) is 6.00. The van der Waals surface area contributed by atoms with Crippen molar-refractivity contribution in [2.24, 2.45) is 0 Å². The summed E-state index contributed by atoms with van der Waals surface area (Å²) in [5.41, 5.74) is 4.78. The number of nitrogens with zero attached hydrogens (tertiary/aromatic N) is 1. The maximum absolute atomic E-state index is 13.1. The molecule has 0 spiro atoms. The van der Waals surface area contributed by atoms with Gasteiger partial charge in [-0.05, 0) is 74.6 Å². The number of sulfonamides is 1. The summed E-state index contributed by atoms with van der Waals surface area (Å²) in [6.45, 7) is 8.44. The first-order valence-electron chi connectivity index (χ1n) is 9.72. The summed E-state index contributed by atoms with van der Waals surface area (Å²) in [7, 11) is -2.28. The van der Waals surface area contributed by atoms with Crippen LogP contribution in [0.15, 0.2) is 35.2 Å². The number of hydrogen-bond donors (Lipinski definition) is 1. The number of ether oxygens (including phenoxy) is 1. The summed E-state index contributed by atoms with van der Waals surface area (Å²) < 4.78 is 34.3. The number of rotatable bonds is 6. The van der Waals surface area contributed by atoms with E-state index < -0.39 is 16.1 Å². The third-order valence-corrected chi connectivity index (χ3v) is 7.04. The van der Waals surface area contributed by atoms with Crippen LogP contribution in [-0.4, -0.2) is 28.0 Å². The highest BCUT2D eigenvalue weighted by molar-refractivity contribution is 7.89. The predicted octanol–water partition coefficient (Wildman–Crippen LogP) is 3.79. The van der Waals surface area contributed by atoms with Gasteiger partial charge in [0, 0.05) is 19.0 Å². The molecule has 29 heavy (non-hydrogen) atoms. The normalized spacial score (nSPS) is 15.6. The lowest BCUT2D eigenvalue weighted by Gasteiger charge is -2.21. The van der Waals surface area contributed by atoms with Crippen LogP contribution in [0.1, 0.15) is 48.1 Å². The quantitative estimate of drug-likeness (QED) is 0.777. The van der Waals surface area contributed by atoms with E-state index in [-0.39, 0.29) is 10.8 Å². The Morgan fingerprint density at radius 3 is 2.38 bits per heavy atom. The molecule has 1 saturated heterocycles. The van der Waals surface area contributed by atoms with E-state index in [2.05, 4.69) is 10.8 Å². The zero-order valence-electron chi connectivity index (χ0n) is 17.6. The Balaban J connectivity index is 1.93. The van der Waals surface area contributed by atoms with E-state index in [1.807, 2.05) is 33.8 Å². The molecule has 1 aliphatic rings. The number of benzene rings is 2. The van der Waals surface area contributed by atoms with Gasteiger partial charge in [-0.2, -0.15) is 0 Å². The van der Waals surface area contributed by atoms with E-state index in [0.717, 1.165) is 23.1 Å². The maximum atomic E-state index is 13.1.